The summed E-state index contributed by atoms with van der Waals surface area (Å²) >= 11 is 0. The van der Waals surface area contributed by atoms with Gasteiger partial charge in [-0.15, -0.1) is 0 Å². The molecule has 0 aromatic heterocycles. The number of hydrogen-bond acceptors (Lipinski definition) is 1. The number of hydrogen-bond donors (Lipinski definition) is 1. The Kier molecular flexibility index (Phi) is 3.07. The van der Waals surface area contributed by atoms with Gasteiger partial charge in [0.1, 0.15) is 5.82 Å². The van der Waals surface area contributed by atoms with Crippen LogP contribution in [0.4, 0.5) is 4.39 Å². The van der Waals surface area contributed by atoms with Crippen LogP contribution in [0.2, 0.25) is 0 Å². The van der Waals surface area contributed by atoms with Crippen LogP contribution in [0.5, 0.6) is 0 Å². The number of halogens is 1. The van der Waals surface area contributed by atoms with Crippen LogP contribution in [-0.4, -0.2) is 5.11 Å². The fourth-order valence-electron chi connectivity index (χ4n) is 1.09. The molecule has 1 aromatic carbocycles. The van der Waals surface area contributed by atoms with E-state index < -0.39 is 0 Å². The lowest BCUT2D eigenvalue weighted by atomic mass is 10.00. The Morgan fingerprint density at radius 1 is 1.46 bits per heavy atom. The quantitative estimate of drug-likeness (QED) is 0.709. The standard InChI is InChI=1S/C11H13FO/c1-8(9(2)13)7-10-3-5-11(12)6-4-10/h3-6,8,13H,2,7H2,1H3/t8-/m1/s1. The second-order valence-electron chi connectivity index (χ2n) is 3.22. The van der Waals surface area contributed by atoms with Gasteiger partial charge < -0.3 is 5.11 Å². The Balaban J connectivity index is 2.64. The third-order valence-electron chi connectivity index (χ3n) is 2.02. The van der Waals surface area contributed by atoms with E-state index >= 15 is 0 Å². The zero-order chi connectivity index (χ0) is 9.84. The molecule has 0 unspecified atom stereocenters. The smallest absolute Gasteiger partial charge is 0.123 e. The van der Waals surface area contributed by atoms with Gasteiger partial charge in [0.25, 0.3) is 0 Å². The number of aliphatic hydroxyl groups is 1. The number of benzene rings is 1. The molecule has 1 atom stereocenters. The first-order valence-corrected chi connectivity index (χ1v) is 4.22. The van der Waals surface area contributed by atoms with Gasteiger partial charge in [-0.3, -0.25) is 0 Å². The summed E-state index contributed by atoms with van der Waals surface area (Å²) in [5.41, 5.74) is 1.00. The summed E-state index contributed by atoms with van der Waals surface area (Å²) in [6.07, 6.45) is 0.690. The van der Waals surface area contributed by atoms with Gasteiger partial charge in [-0.25, -0.2) is 4.39 Å². The molecule has 2 heteroatoms. The summed E-state index contributed by atoms with van der Waals surface area (Å²) in [5.74, 6) is -0.0472. The number of aliphatic hydroxyl groups excluding tert-OH is 1. The highest BCUT2D eigenvalue weighted by atomic mass is 19.1. The van der Waals surface area contributed by atoms with Crippen molar-refractivity contribution in [1.29, 1.82) is 0 Å². The summed E-state index contributed by atoms with van der Waals surface area (Å²) < 4.78 is 12.5. The lowest BCUT2D eigenvalue weighted by molar-refractivity contribution is 0.342. The third kappa shape index (κ3) is 2.90. The minimum Gasteiger partial charge on any atom is -0.513 e. The van der Waals surface area contributed by atoms with E-state index in [1.54, 1.807) is 12.1 Å². The molecule has 13 heavy (non-hydrogen) atoms. The zero-order valence-corrected chi connectivity index (χ0v) is 7.63. The van der Waals surface area contributed by atoms with E-state index in [0.717, 1.165) is 5.56 Å². The summed E-state index contributed by atoms with van der Waals surface area (Å²) in [5, 5.41) is 9.07. The molecule has 0 fully saturated rings. The highest BCUT2D eigenvalue weighted by molar-refractivity contribution is 5.17. The molecule has 0 spiro atoms. The predicted molar refractivity (Wildman–Crippen MR) is 51.0 cm³/mol. The molecule has 70 valence electrons. The topological polar surface area (TPSA) is 20.2 Å². The van der Waals surface area contributed by atoms with Crippen molar-refractivity contribution in [2.45, 2.75) is 13.3 Å². The average molecular weight is 180 g/mol. The van der Waals surface area contributed by atoms with E-state index in [4.69, 9.17) is 5.11 Å². The molecule has 0 amide bonds. The molecule has 0 aliphatic heterocycles. The van der Waals surface area contributed by atoms with Gasteiger partial charge in [-0.1, -0.05) is 25.6 Å². The van der Waals surface area contributed by atoms with Crippen LogP contribution in [0, 0.1) is 11.7 Å². The number of allylic oxidation sites excluding steroid dienone is 1. The second-order valence-corrected chi connectivity index (χ2v) is 3.22. The van der Waals surface area contributed by atoms with Crippen LogP contribution in [0.15, 0.2) is 36.6 Å². The molecular formula is C11H13FO. The maximum Gasteiger partial charge on any atom is 0.123 e. The fourth-order valence-corrected chi connectivity index (χ4v) is 1.09. The lowest BCUT2D eigenvalue weighted by Gasteiger charge is -2.08. The van der Waals surface area contributed by atoms with Crippen LogP contribution in [0.3, 0.4) is 0 Å². The molecule has 0 bridgehead atoms. The molecule has 1 N–H and O–H groups in total. The highest BCUT2D eigenvalue weighted by Gasteiger charge is 2.05. The first kappa shape index (κ1) is 9.78. The van der Waals surface area contributed by atoms with Crippen molar-refractivity contribution in [3.8, 4) is 0 Å². The van der Waals surface area contributed by atoms with Gasteiger partial charge in [0, 0.05) is 5.92 Å². The minimum atomic E-state index is -0.237. The fraction of sp³-hybridized carbons (Fsp3) is 0.273. The van der Waals surface area contributed by atoms with Gasteiger partial charge >= 0.3 is 0 Å². The molecule has 0 aliphatic rings. The van der Waals surface area contributed by atoms with E-state index in [0.29, 0.717) is 6.42 Å². The van der Waals surface area contributed by atoms with E-state index in [1.807, 2.05) is 6.92 Å². The molecule has 0 aliphatic carbocycles. The van der Waals surface area contributed by atoms with Crippen molar-refractivity contribution < 1.29 is 9.50 Å². The SMILES string of the molecule is C=C(O)[C@H](C)Cc1ccc(F)cc1. The average Bonchev–Trinajstić information content (AvgIpc) is 2.08. The van der Waals surface area contributed by atoms with Gasteiger partial charge in [-0.05, 0) is 24.1 Å². The van der Waals surface area contributed by atoms with E-state index in [9.17, 15) is 4.39 Å². The molecule has 0 saturated carbocycles. The highest BCUT2D eigenvalue weighted by Crippen LogP contribution is 2.13. The monoisotopic (exact) mass is 180 g/mol. The third-order valence-corrected chi connectivity index (χ3v) is 2.02. The van der Waals surface area contributed by atoms with E-state index in [2.05, 4.69) is 6.58 Å². The maximum absolute atomic E-state index is 12.5. The minimum absolute atomic E-state index is 0.0189. The predicted octanol–water partition coefficient (Wildman–Crippen LogP) is 3.08. The van der Waals surface area contributed by atoms with Crippen molar-refractivity contribution in [3.63, 3.8) is 0 Å². The lowest BCUT2D eigenvalue weighted by Crippen LogP contribution is -2.01. The van der Waals surface area contributed by atoms with E-state index in [1.165, 1.54) is 12.1 Å². The van der Waals surface area contributed by atoms with Gasteiger partial charge in [0.15, 0.2) is 0 Å². The summed E-state index contributed by atoms with van der Waals surface area (Å²) in [4.78, 5) is 0. The molecule has 1 aromatic rings. The largest absolute Gasteiger partial charge is 0.513 e. The van der Waals surface area contributed by atoms with Crippen LogP contribution >= 0.6 is 0 Å². The summed E-state index contributed by atoms with van der Waals surface area (Å²) in [6.45, 7) is 5.33. The van der Waals surface area contributed by atoms with Crippen molar-refractivity contribution in [1.82, 2.24) is 0 Å². The van der Waals surface area contributed by atoms with Gasteiger partial charge in [-0.2, -0.15) is 0 Å². The van der Waals surface area contributed by atoms with Crippen LogP contribution in [-0.2, 0) is 6.42 Å². The van der Waals surface area contributed by atoms with Gasteiger partial charge in [0.05, 0.1) is 5.76 Å². The number of rotatable bonds is 3. The maximum atomic E-state index is 12.5. The van der Waals surface area contributed by atoms with Crippen LogP contribution < -0.4 is 0 Å². The summed E-state index contributed by atoms with van der Waals surface area (Å²) in [7, 11) is 0. The normalized spacial score (nSPS) is 12.5. The van der Waals surface area contributed by atoms with Crippen molar-refractivity contribution in [3.05, 3.63) is 48.0 Å². The first-order chi connectivity index (χ1) is 6.09. The van der Waals surface area contributed by atoms with E-state index in [-0.39, 0.29) is 17.5 Å². The Morgan fingerprint density at radius 3 is 2.46 bits per heavy atom. The molecule has 0 heterocycles. The Hall–Kier alpha value is -1.31. The second kappa shape index (κ2) is 4.08. The molecule has 1 nitrogen and oxygen atoms in total. The van der Waals surface area contributed by atoms with Crippen molar-refractivity contribution in [2.24, 2.45) is 5.92 Å². The molecule has 0 radical (unpaired) electrons. The van der Waals surface area contributed by atoms with Crippen LogP contribution in [0.1, 0.15) is 12.5 Å². The summed E-state index contributed by atoms with van der Waals surface area (Å²) in [6, 6.07) is 6.27. The molecule has 0 saturated heterocycles. The van der Waals surface area contributed by atoms with Gasteiger partial charge in [0.2, 0.25) is 0 Å². The first-order valence-electron chi connectivity index (χ1n) is 4.22. The van der Waals surface area contributed by atoms with Crippen molar-refractivity contribution >= 4 is 0 Å². The van der Waals surface area contributed by atoms with Crippen LogP contribution in [0.25, 0.3) is 0 Å². The Morgan fingerprint density at radius 2 is 2.00 bits per heavy atom. The molecule has 1 rings (SSSR count). The Bertz CT molecular complexity index is 289. The van der Waals surface area contributed by atoms with Crippen molar-refractivity contribution in [2.75, 3.05) is 0 Å². The Labute approximate surface area is 77.5 Å². The molecular weight excluding hydrogens is 167 g/mol. The zero-order valence-electron chi connectivity index (χ0n) is 7.63.